The van der Waals surface area contributed by atoms with Gasteiger partial charge in [0.15, 0.2) is 0 Å². The number of hydrogen-bond donors (Lipinski definition) is 3. The maximum absolute atomic E-state index is 13.7. The quantitative estimate of drug-likeness (QED) is 0.290. The Kier molecular flexibility index (Phi) is 10.6. The van der Waals surface area contributed by atoms with Gasteiger partial charge in [-0.05, 0) is 45.1 Å². The lowest BCUT2D eigenvalue weighted by atomic mass is 10.1. The van der Waals surface area contributed by atoms with Gasteiger partial charge in [0, 0.05) is 18.0 Å². The molecule has 1 aliphatic rings. The maximum atomic E-state index is 13.7. The second-order valence-electron chi connectivity index (χ2n) is 8.61. The summed E-state index contributed by atoms with van der Waals surface area (Å²) < 4.78 is 37.4. The Morgan fingerprint density at radius 2 is 2.00 bits per heavy atom. The lowest BCUT2D eigenvalue weighted by Gasteiger charge is -2.32. The molecule has 0 radical (unpaired) electrons. The van der Waals surface area contributed by atoms with Crippen LogP contribution in [-0.4, -0.2) is 63.1 Å². The minimum absolute atomic E-state index is 0.232. The highest BCUT2D eigenvalue weighted by molar-refractivity contribution is 7.99. The number of aliphatic hydroxyl groups excluding tert-OH is 1. The summed E-state index contributed by atoms with van der Waals surface area (Å²) >= 11 is 1.47. The van der Waals surface area contributed by atoms with Crippen molar-refractivity contribution in [1.29, 1.82) is 0 Å². The number of ether oxygens (including phenoxy) is 2. The van der Waals surface area contributed by atoms with Crippen molar-refractivity contribution in [3.63, 3.8) is 0 Å². The number of carbonyl (C=O) groups excluding carboxylic acids is 1. The molecule has 0 spiro atoms. The third kappa shape index (κ3) is 8.84. The number of benzene rings is 1. The van der Waals surface area contributed by atoms with Crippen LogP contribution >= 0.6 is 19.5 Å². The summed E-state index contributed by atoms with van der Waals surface area (Å²) in [5.41, 5.74) is -1.21. The molecular weight excluding hydrogens is 525 g/mol. The molecule has 2 heterocycles. The van der Waals surface area contributed by atoms with Crippen LogP contribution in [0.15, 0.2) is 52.2 Å². The zero-order chi connectivity index (χ0) is 27.0. The Labute approximate surface area is 218 Å². The first kappa shape index (κ1) is 29.2. The van der Waals surface area contributed by atoms with Crippen LogP contribution in [-0.2, 0) is 23.4 Å². The summed E-state index contributed by atoms with van der Waals surface area (Å²) in [4.78, 5) is 38.3. The predicted octanol–water partition coefficient (Wildman–Crippen LogP) is 2.05. The largest absolute Gasteiger partial charge is 0.462 e. The van der Waals surface area contributed by atoms with Crippen molar-refractivity contribution in [2.75, 3.05) is 18.1 Å². The highest BCUT2D eigenvalue weighted by Crippen LogP contribution is 2.45. The number of nitrogens with one attached hydrogen (secondary N) is 2. The van der Waals surface area contributed by atoms with Gasteiger partial charge in [0.1, 0.15) is 24.1 Å². The van der Waals surface area contributed by atoms with Gasteiger partial charge < -0.3 is 19.1 Å². The van der Waals surface area contributed by atoms with Crippen molar-refractivity contribution in [2.45, 2.75) is 57.8 Å². The average molecular weight is 558 g/mol. The van der Waals surface area contributed by atoms with E-state index in [-0.39, 0.29) is 18.5 Å². The SMILES string of the molecule is CC(C)OC(=O)[C@H](C)NP(=O)(OC[C@H]1O[C@@H](n2ccc(=O)[nH]c2=O)CSCC[C@@H]1O)Oc1ccccc1. The molecule has 14 heteroatoms. The number of H-pyrrole nitrogens is 1. The van der Waals surface area contributed by atoms with Crippen LogP contribution in [0.2, 0.25) is 0 Å². The third-order valence-corrected chi connectivity index (χ3v) is 7.86. The van der Waals surface area contributed by atoms with Gasteiger partial charge in [0.05, 0.1) is 18.8 Å². The lowest BCUT2D eigenvalue weighted by Crippen LogP contribution is -2.42. The molecule has 0 aliphatic carbocycles. The molecule has 2 aromatic rings. The molecule has 1 aromatic carbocycles. The van der Waals surface area contributed by atoms with Gasteiger partial charge in [-0.25, -0.2) is 9.36 Å². The maximum Gasteiger partial charge on any atom is 0.459 e. The van der Waals surface area contributed by atoms with Gasteiger partial charge in [-0.3, -0.25) is 23.7 Å². The number of rotatable bonds is 10. The second-order valence-corrected chi connectivity index (χ2v) is 11.5. The molecule has 12 nitrogen and oxygen atoms in total. The Hall–Kier alpha value is -2.41. The molecule has 1 aliphatic heterocycles. The molecule has 37 heavy (non-hydrogen) atoms. The van der Waals surface area contributed by atoms with Gasteiger partial charge in [-0.2, -0.15) is 16.8 Å². The van der Waals surface area contributed by atoms with Crippen LogP contribution in [0.1, 0.15) is 33.4 Å². The van der Waals surface area contributed by atoms with E-state index < -0.39 is 49.4 Å². The second kappa shape index (κ2) is 13.4. The van der Waals surface area contributed by atoms with E-state index in [0.717, 1.165) is 0 Å². The van der Waals surface area contributed by atoms with Crippen LogP contribution < -0.4 is 20.9 Å². The van der Waals surface area contributed by atoms with E-state index in [4.69, 9.17) is 18.5 Å². The molecule has 5 atom stereocenters. The normalized spacial score (nSPS) is 22.9. The number of thioether (sulfide) groups is 1. The molecule has 0 amide bonds. The Balaban J connectivity index is 1.80. The number of aromatic amines is 1. The summed E-state index contributed by atoms with van der Waals surface area (Å²) in [6.07, 6.45) is -1.55. The molecule has 204 valence electrons. The number of aliphatic hydroxyl groups is 1. The molecule has 0 bridgehead atoms. The van der Waals surface area contributed by atoms with Crippen molar-refractivity contribution in [3.8, 4) is 5.75 Å². The zero-order valence-corrected chi connectivity index (χ0v) is 22.5. The van der Waals surface area contributed by atoms with Crippen molar-refractivity contribution in [3.05, 3.63) is 63.4 Å². The van der Waals surface area contributed by atoms with E-state index in [1.54, 1.807) is 44.2 Å². The molecule has 3 N–H and O–H groups in total. The molecule has 1 unspecified atom stereocenters. The number of carbonyl (C=O) groups is 1. The number of hydrogen-bond acceptors (Lipinski definition) is 10. The first-order valence-corrected chi connectivity index (χ1v) is 14.5. The Morgan fingerprint density at radius 3 is 2.68 bits per heavy atom. The van der Waals surface area contributed by atoms with Crippen LogP contribution in [0.5, 0.6) is 5.75 Å². The van der Waals surface area contributed by atoms with Gasteiger partial charge in [-0.15, -0.1) is 0 Å². The Morgan fingerprint density at radius 1 is 1.27 bits per heavy atom. The van der Waals surface area contributed by atoms with Gasteiger partial charge in [0.2, 0.25) is 0 Å². The third-order valence-electron chi connectivity index (χ3n) is 5.18. The van der Waals surface area contributed by atoms with E-state index in [2.05, 4.69) is 10.1 Å². The summed E-state index contributed by atoms with van der Waals surface area (Å²) in [5.74, 6) is 0.525. The van der Waals surface area contributed by atoms with E-state index >= 15 is 0 Å². The number of para-hydroxylation sites is 1. The summed E-state index contributed by atoms with van der Waals surface area (Å²) in [7, 11) is -4.18. The fraction of sp³-hybridized carbons (Fsp3) is 0.522. The highest BCUT2D eigenvalue weighted by Gasteiger charge is 2.36. The van der Waals surface area contributed by atoms with Crippen molar-refractivity contribution in [1.82, 2.24) is 14.6 Å². The van der Waals surface area contributed by atoms with Crippen LogP contribution in [0, 0.1) is 0 Å². The van der Waals surface area contributed by atoms with Crippen LogP contribution in [0.4, 0.5) is 0 Å². The van der Waals surface area contributed by atoms with E-state index in [1.165, 1.54) is 35.5 Å². The first-order valence-electron chi connectivity index (χ1n) is 11.8. The minimum Gasteiger partial charge on any atom is -0.462 e. The topological polar surface area (TPSA) is 158 Å². The van der Waals surface area contributed by atoms with E-state index in [0.29, 0.717) is 17.9 Å². The molecule has 1 fully saturated rings. The average Bonchev–Trinajstić information content (AvgIpc) is 2.82. The number of nitrogens with zero attached hydrogens (tertiary/aromatic N) is 1. The van der Waals surface area contributed by atoms with Crippen LogP contribution in [0.3, 0.4) is 0 Å². The molecule has 1 saturated heterocycles. The van der Waals surface area contributed by atoms with Crippen LogP contribution in [0.25, 0.3) is 0 Å². The zero-order valence-electron chi connectivity index (χ0n) is 20.8. The highest BCUT2D eigenvalue weighted by atomic mass is 32.2. The van der Waals surface area contributed by atoms with Gasteiger partial charge >= 0.3 is 19.4 Å². The smallest absolute Gasteiger partial charge is 0.459 e. The van der Waals surface area contributed by atoms with Crippen molar-refractivity contribution in [2.24, 2.45) is 0 Å². The molecule has 3 rings (SSSR count). The first-order chi connectivity index (χ1) is 17.6. The van der Waals surface area contributed by atoms with Crippen molar-refractivity contribution < 1.29 is 33.0 Å². The van der Waals surface area contributed by atoms with Gasteiger partial charge in [-0.1, -0.05) is 18.2 Å². The number of esters is 1. The van der Waals surface area contributed by atoms with Crippen molar-refractivity contribution >= 4 is 25.5 Å². The monoisotopic (exact) mass is 557 g/mol. The van der Waals surface area contributed by atoms with E-state index in [1.807, 2.05) is 0 Å². The fourth-order valence-corrected chi connectivity index (χ4v) is 5.88. The fourth-order valence-electron chi connectivity index (χ4n) is 3.36. The number of aromatic nitrogens is 2. The lowest BCUT2D eigenvalue weighted by molar-refractivity contribution is -0.149. The predicted molar refractivity (Wildman–Crippen MR) is 138 cm³/mol. The molecule has 1 aromatic heterocycles. The van der Waals surface area contributed by atoms with Gasteiger partial charge in [0.25, 0.3) is 5.56 Å². The standard InChI is InChI=1S/C23H32N3O9PS/c1-15(2)33-22(29)16(3)25-36(31,35-17-7-5-4-6-8-17)32-13-19-18(27)10-12-37-14-21(34-19)26-11-9-20(28)24-23(26)30/h4-9,11,15-16,18-19,21,27H,10,12-14H2,1-3H3,(H,25,31)(H,24,28,30)/t16-,18-,19+,21+,36?/m0/s1. The molecule has 0 saturated carbocycles. The Bertz CT molecular complexity index is 1190. The summed E-state index contributed by atoms with van der Waals surface area (Å²) in [5, 5.41) is 13.3. The minimum atomic E-state index is -4.18. The molecular formula is C23H32N3O9PS. The summed E-state index contributed by atoms with van der Waals surface area (Å²) in [6, 6.07) is 8.43. The van der Waals surface area contributed by atoms with E-state index in [9.17, 15) is 24.1 Å². The summed E-state index contributed by atoms with van der Waals surface area (Å²) in [6.45, 7) is 4.46.